The fourth-order valence-electron chi connectivity index (χ4n) is 2.33. The molecular formula is C17H21BrN2. The number of aromatic nitrogens is 1. The van der Waals surface area contributed by atoms with Gasteiger partial charge in [0.1, 0.15) is 0 Å². The molecule has 0 N–H and O–H groups in total. The van der Waals surface area contributed by atoms with Gasteiger partial charge in [-0.05, 0) is 29.8 Å². The average molecular weight is 333 g/mol. The molecule has 106 valence electrons. The standard InChI is InChI=1S/C17H21BrN2/c1-2-20(13-15-8-10-19-11-9-15)14-17(12-18)16-6-4-3-5-7-16/h3-11,17H,2,12-14H2,1H3. The van der Waals surface area contributed by atoms with Crippen LogP contribution >= 0.6 is 15.9 Å². The molecule has 2 nitrogen and oxygen atoms in total. The van der Waals surface area contributed by atoms with Gasteiger partial charge in [-0.25, -0.2) is 0 Å². The van der Waals surface area contributed by atoms with E-state index in [1.807, 2.05) is 12.4 Å². The Morgan fingerprint density at radius 3 is 2.40 bits per heavy atom. The largest absolute Gasteiger partial charge is 0.299 e. The molecule has 0 aliphatic rings. The van der Waals surface area contributed by atoms with Gasteiger partial charge in [0.25, 0.3) is 0 Å². The normalized spacial score (nSPS) is 12.6. The van der Waals surface area contributed by atoms with Crippen LogP contribution in [-0.2, 0) is 6.54 Å². The first kappa shape index (κ1) is 15.2. The highest BCUT2D eigenvalue weighted by Crippen LogP contribution is 2.20. The van der Waals surface area contributed by atoms with Crippen LogP contribution < -0.4 is 0 Å². The zero-order chi connectivity index (χ0) is 14.2. The summed E-state index contributed by atoms with van der Waals surface area (Å²) in [6.45, 7) is 5.32. The van der Waals surface area contributed by atoms with E-state index in [-0.39, 0.29) is 0 Å². The van der Waals surface area contributed by atoms with Crippen molar-refractivity contribution in [3.05, 3.63) is 66.0 Å². The SMILES string of the molecule is CCN(Cc1ccncc1)CC(CBr)c1ccccc1. The van der Waals surface area contributed by atoms with E-state index in [1.54, 1.807) is 0 Å². The molecule has 0 saturated heterocycles. The molecule has 0 saturated carbocycles. The lowest BCUT2D eigenvalue weighted by atomic mass is 10.0. The Morgan fingerprint density at radius 1 is 1.10 bits per heavy atom. The Balaban J connectivity index is 2.01. The molecular weight excluding hydrogens is 312 g/mol. The Kier molecular flexibility index (Phi) is 6.22. The van der Waals surface area contributed by atoms with Gasteiger partial charge in [-0.15, -0.1) is 0 Å². The third-order valence-corrected chi connectivity index (χ3v) is 4.32. The van der Waals surface area contributed by atoms with Crippen LogP contribution in [0.4, 0.5) is 0 Å². The van der Waals surface area contributed by atoms with Crippen molar-refractivity contribution in [1.82, 2.24) is 9.88 Å². The number of alkyl halides is 1. The maximum absolute atomic E-state index is 4.08. The molecule has 0 amide bonds. The van der Waals surface area contributed by atoms with Crippen molar-refractivity contribution < 1.29 is 0 Å². The fraction of sp³-hybridized carbons (Fsp3) is 0.353. The van der Waals surface area contributed by atoms with Crippen molar-refractivity contribution in [2.24, 2.45) is 0 Å². The third kappa shape index (κ3) is 4.43. The highest BCUT2D eigenvalue weighted by atomic mass is 79.9. The van der Waals surface area contributed by atoms with Crippen LogP contribution in [0, 0.1) is 0 Å². The predicted molar refractivity (Wildman–Crippen MR) is 88.2 cm³/mol. The zero-order valence-corrected chi connectivity index (χ0v) is 13.5. The van der Waals surface area contributed by atoms with Gasteiger partial charge in [-0.3, -0.25) is 9.88 Å². The predicted octanol–water partition coefficient (Wildman–Crippen LogP) is 4.08. The highest BCUT2D eigenvalue weighted by Gasteiger charge is 2.14. The Bertz CT molecular complexity index is 487. The van der Waals surface area contributed by atoms with E-state index < -0.39 is 0 Å². The highest BCUT2D eigenvalue weighted by molar-refractivity contribution is 9.09. The molecule has 0 aliphatic carbocycles. The van der Waals surface area contributed by atoms with E-state index in [0.717, 1.165) is 25.0 Å². The molecule has 0 aliphatic heterocycles. The first-order valence-electron chi connectivity index (χ1n) is 7.05. The van der Waals surface area contributed by atoms with Crippen molar-refractivity contribution in [2.45, 2.75) is 19.4 Å². The van der Waals surface area contributed by atoms with E-state index in [9.17, 15) is 0 Å². The van der Waals surface area contributed by atoms with E-state index in [2.05, 4.69) is 75.2 Å². The molecule has 0 fully saturated rings. The number of pyridine rings is 1. The van der Waals surface area contributed by atoms with E-state index in [4.69, 9.17) is 0 Å². The molecule has 0 radical (unpaired) electrons. The Labute approximate surface area is 130 Å². The second-order valence-corrected chi connectivity index (χ2v) is 5.59. The number of rotatable bonds is 7. The number of likely N-dealkylation sites (N-methyl/N-ethyl adjacent to an activating group) is 1. The second-order valence-electron chi connectivity index (χ2n) is 4.95. The lowest BCUT2D eigenvalue weighted by molar-refractivity contribution is 0.267. The summed E-state index contributed by atoms with van der Waals surface area (Å²) in [5.41, 5.74) is 2.72. The summed E-state index contributed by atoms with van der Waals surface area (Å²) in [5.74, 6) is 0.526. The van der Waals surface area contributed by atoms with Crippen molar-refractivity contribution in [1.29, 1.82) is 0 Å². The Hall–Kier alpha value is -1.19. The van der Waals surface area contributed by atoms with Crippen LogP contribution in [0.5, 0.6) is 0 Å². The first-order chi connectivity index (χ1) is 9.83. The Morgan fingerprint density at radius 2 is 1.80 bits per heavy atom. The van der Waals surface area contributed by atoms with Crippen LogP contribution in [0.25, 0.3) is 0 Å². The van der Waals surface area contributed by atoms with Crippen LogP contribution in [0.15, 0.2) is 54.9 Å². The van der Waals surface area contributed by atoms with Crippen molar-refractivity contribution in [3.8, 4) is 0 Å². The van der Waals surface area contributed by atoms with E-state index in [0.29, 0.717) is 5.92 Å². The monoisotopic (exact) mass is 332 g/mol. The zero-order valence-electron chi connectivity index (χ0n) is 11.9. The molecule has 2 aromatic rings. The molecule has 0 bridgehead atoms. The summed E-state index contributed by atoms with van der Waals surface area (Å²) in [6.07, 6.45) is 3.73. The quantitative estimate of drug-likeness (QED) is 0.710. The van der Waals surface area contributed by atoms with Gasteiger partial charge in [0.15, 0.2) is 0 Å². The van der Waals surface area contributed by atoms with Crippen LogP contribution in [-0.4, -0.2) is 28.3 Å². The molecule has 3 heteroatoms. The van der Waals surface area contributed by atoms with Crippen molar-refractivity contribution in [2.75, 3.05) is 18.4 Å². The maximum atomic E-state index is 4.08. The van der Waals surface area contributed by atoms with Gasteiger partial charge < -0.3 is 0 Å². The fourth-order valence-corrected chi connectivity index (χ4v) is 2.91. The number of hydrogen-bond acceptors (Lipinski definition) is 2. The molecule has 1 aromatic heterocycles. The lowest BCUT2D eigenvalue weighted by Crippen LogP contribution is -2.28. The summed E-state index contributed by atoms with van der Waals surface area (Å²) >= 11 is 3.66. The summed E-state index contributed by atoms with van der Waals surface area (Å²) in [6, 6.07) is 14.9. The van der Waals surface area contributed by atoms with Gasteiger partial charge in [0.05, 0.1) is 0 Å². The molecule has 2 rings (SSSR count). The van der Waals surface area contributed by atoms with Crippen LogP contribution in [0.3, 0.4) is 0 Å². The maximum Gasteiger partial charge on any atom is 0.0271 e. The molecule has 1 heterocycles. The topological polar surface area (TPSA) is 16.1 Å². The minimum atomic E-state index is 0.526. The summed E-state index contributed by atoms with van der Waals surface area (Å²) in [5, 5.41) is 0.990. The summed E-state index contributed by atoms with van der Waals surface area (Å²) < 4.78 is 0. The minimum Gasteiger partial charge on any atom is -0.299 e. The second kappa shape index (κ2) is 8.18. The van der Waals surface area contributed by atoms with Crippen LogP contribution in [0.1, 0.15) is 24.0 Å². The summed E-state index contributed by atoms with van der Waals surface area (Å²) in [7, 11) is 0. The molecule has 1 atom stereocenters. The van der Waals surface area contributed by atoms with E-state index >= 15 is 0 Å². The number of halogens is 1. The third-order valence-electron chi connectivity index (χ3n) is 3.54. The molecule has 1 aromatic carbocycles. The van der Waals surface area contributed by atoms with Gasteiger partial charge in [0.2, 0.25) is 0 Å². The van der Waals surface area contributed by atoms with Gasteiger partial charge in [-0.1, -0.05) is 53.2 Å². The molecule has 1 unspecified atom stereocenters. The van der Waals surface area contributed by atoms with Gasteiger partial charge >= 0.3 is 0 Å². The van der Waals surface area contributed by atoms with E-state index in [1.165, 1.54) is 11.1 Å². The smallest absolute Gasteiger partial charge is 0.0271 e. The molecule has 0 spiro atoms. The number of nitrogens with zero attached hydrogens (tertiary/aromatic N) is 2. The van der Waals surface area contributed by atoms with Crippen molar-refractivity contribution in [3.63, 3.8) is 0 Å². The number of benzene rings is 1. The van der Waals surface area contributed by atoms with Gasteiger partial charge in [0, 0.05) is 36.7 Å². The summed E-state index contributed by atoms with van der Waals surface area (Å²) in [4.78, 5) is 6.56. The number of hydrogen-bond donors (Lipinski definition) is 0. The molecule has 20 heavy (non-hydrogen) atoms. The average Bonchev–Trinajstić information content (AvgIpc) is 2.53. The van der Waals surface area contributed by atoms with Gasteiger partial charge in [-0.2, -0.15) is 0 Å². The van der Waals surface area contributed by atoms with Crippen LogP contribution in [0.2, 0.25) is 0 Å². The minimum absolute atomic E-state index is 0.526. The first-order valence-corrected chi connectivity index (χ1v) is 8.17. The van der Waals surface area contributed by atoms with Crippen molar-refractivity contribution >= 4 is 15.9 Å². The lowest BCUT2D eigenvalue weighted by Gasteiger charge is -2.25.